The summed E-state index contributed by atoms with van der Waals surface area (Å²) in [5.41, 5.74) is 4.30. The fourth-order valence-corrected chi connectivity index (χ4v) is 5.07. The molecule has 30 heavy (non-hydrogen) atoms. The van der Waals surface area contributed by atoms with Crippen LogP contribution in [-0.2, 0) is 5.41 Å². The highest BCUT2D eigenvalue weighted by atomic mass is 19.1. The molecule has 1 heterocycles. The first-order chi connectivity index (χ1) is 14.5. The van der Waals surface area contributed by atoms with Gasteiger partial charge in [0.2, 0.25) is 0 Å². The molecule has 2 N–H and O–H groups in total. The Morgan fingerprint density at radius 3 is 2.77 bits per heavy atom. The second kappa shape index (κ2) is 8.50. The Balaban J connectivity index is 1.35. The quantitative estimate of drug-likeness (QED) is 0.489. The Kier molecular flexibility index (Phi) is 5.80. The number of ether oxygens (including phenoxy) is 1. The summed E-state index contributed by atoms with van der Waals surface area (Å²) in [6, 6.07) is 12.2. The molecule has 2 aromatic rings. The van der Waals surface area contributed by atoms with E-state index < -0.39 is 0 Å². The summed E-state index contributed by atoms with van der Waals surface area (Å²) in [7, 11) is 1.71. The van der Waals surface area contributed by atoms with Crippen molar-refractivity contribution in [2.24, 2.45) is 0 Å². The van der Waals surface area contributed by atoms with E-state index in [9.17, 15) is 9.18 Å². The zero-order valence-corrected chi connectivity index (χ0v) is 17.5. The van der Waals surface area contributed by atoms with Gasteiger partial charge in [-0.25, -0.2) is 4.39 Å². The summed E-state index contributed by atoms with van der Waals surface area (Å²) in [5.74, 6) is 0.393. The number of amides is 1. The highest BCUT2D eigenvalue weighted by Gasteiger charge is 2.50. The molecule has 2 atom stereocenters. The number of nitrogens with one attached hydrogen (secondary N) is 2. The summed E-state index contributed by atoms with van der Waals surface area (Å²) in [5, 5.41) is 6.67. The number of unbranched alkanes of at least 4 members (excludes halogenated alkanes) is 1. The molecule has 0 bridgehead atoms. The van der Waals surface area contributed by atoms with Gasteiger partial charge in [-0.2, -0.15) is 0 Å². The number of hydrogen-bond acceptors (Lipinski definition) is 3. The molecule has 1 unspecified atom stereocenters. The molecular weight excluding hydrogens is 379 g/mol. The van der Waals surface area contributed by atoms with Crippen LogP contribution < -0.4 is 15.4 Å². The highest BCUT2D eigenvalue weighted by molar-refractivity contribution is 5.94. The van der Waals surface area contributed by atoms with Crippen molar-refractivity contribution in [2.75, 3.05) is 19.0 Å². The molecule has 1 fully saturated rings. The Hall–Kier alpha value is -2.82. The van der Waals surface area contributed by atoms with E-state index in [0.717, 1.165) is 37.9 Å². The molecule has 1 spiro atoms. The molecule has 1 amide bonds. The maximum Gasteiger partial charge on any atom is 0.251 e. The zero-order valence-electron chi connectivity index (χ0n) is 17.5. The third kappa shape index (κ3) is 3.69. The Morgan fingerprint density at radius 2 is 2.07 bits per heavy atom. The smallest absolute Gasteiger partial charge is 0.251 e. The summed E-state index contributed by atoms with van der Waals surface area (Å²) >= 11 is 0. The van der Waals surface area contributed by atoms with Gasteiger partial charge in [-0.3, -0.25) is 4.79 Å². The number of hydrogen-bond donors (Lipinski definition) is 2. The monoisotopic (exact) mass is 408 g/mol. The van der Waals surface area contributed by atoms with E-state index >= 15 is 0 Å². The second-order valence-electron chi connectivity index (χ2n) is 8.30. The van der Waals surface area contributed by atoms with E-state index in [4.69, 9.17) is 4.74 Å². The van der Waals surface area contributed by atoms with Gasteiger partial charge in [0.1, 0.15) is 11.6 Å². The molecule has 1 aliphatic heterocycles. The summed E-state index contributed by atoms with van der Waals surface area (Å²) in [6.45, 7) is 5.05. The van der Waals surface area contributed by atoms with Gasteiger partial charge in [-0.05, 0) is 86.6 Å². The average molecular weight is 409 g/mol. The van der Waals surface area contributed by atoms with Gasteiger partial charge in [0.25, 0.3) is 5.91 Å². The fraction of sp³-hybridized carbons (Fsp3) is 0.400. The maximum absolute atomic E-state index is 13.0. The second-order valence-corrected chi connectivity index (χ2v) is 8.30. The predicted octanol–water partition coefficient (Wildman–Crippen LogP) is 5.21. The van der Waals surface area contributed by atoms with Crippen LogP contribution in [0.4, 0.5) is 10.1 Å². The van der Waals surface area contributed by atoms with E-state index in [0.29, 0.717) is 18.2 Å². The van der Waals surface area contributed by atoms with Crippen LogP contribution in [-0.4, -0.2) is 25.6 Å². The Bertz CT molecular complexity index is 941. The molecule has 4 nitrogen and oxygen atoms in total. The van der Waals surface area contributed by atoms with E-state index in [1.807, 2.05) is 6.07 Å². The van der Waals surface area contributed by atoms with Gasteiger partial charge in [0.15, 0.2) is 0 Å². The average Bonchev–Trinajstić information content (AvgIpc) is 3.29. The number of fused-ring (bicyclic) bond motifs is 2. The third-order valence-electron chi connectivity index (χ3n) is 6.62. The number of carbonyl (C=O) groups is 1. The molecule has 2 aromatic carbocycles. The van der Waals surface area contributed by atoms with E-state index in [1.54, 1.807) is 7.11 Å². The first kappa shape index (κ1) is 20.5. The van der Waals surface area contributed by atoms with Gasteiger partial charge in [0.05, 0.1) is 7.11 Å². The van der Waals surface area contributed by atoms with Crippen LogP contribution in [0.1, 0.15) is 54.4 Å². The number of rotatable bonds is 7. The lowest BCUT2D eigenvalue weighted by Crippen LogP contribution is -2.37. The zero-order chi connectivity index (χ0) is 21.1. The van der Waals surface area contributed by atoms with Gasteiger partial charge in [0, 0.05) is 29.3 Å². The Labute approximate surface area is 177 Å². The van der Waals surface area contributed by atoms with E-state index in [2.05, 4.69) is 29.3 Å². The first-order valence-corrected chi connectivity index (χ1v) is 10.7. The maximum atomic E-state index is 13.0. The minimum absolute atomic E-state index is 0.0127. The number of halogens is 1. The lowest BCUT2D eigenvalue weighted by atomic mass is 9.71. The minimum Gasteiger partial charge on any atom is -0.497 e. The van der Waals surface area contributed by atoms with Crippen molar-refractivity contribution in [3.8, 4) is 5.75 Å². The van der Waals surface area contributed by atoms with E-state index in [-0.39, 0.29) is 17.1 Å². The van der Waals surface area contributed by atoms with Crippen molar-refractivity contribution >= 4 is 11.6 Å². The van der Waals surface area contributed by atoms with Gasteiger partial charge >= 0.3 is 0 Å². The van der Waals surface area contributed by atoms with Crippen LogP contribution in [0.15, 0.2) is 54.6 Å². The van der Waals surface area contributed by atoms with Crippen LogP contribution in [0.25, 0.3) is 0 Å². The molecule has 158 valence electrons. The van der Waals surface area contributed by atoms with Crippen LogP contribution in [0, 0.1) is 5.82 Å². The van der Waals surface area contributed by atoms with Crippen LogP contribution in [0.2, 0.25) is 0 Å². The standard InChI is InChI=1S/C25H29FN2O2/c1-17-6-5-14-25(17)21-16-20(30-2)12-13-22(21)28-23(25)7-3-4-15-27-24(29)18-8-10-19(26)11-9-18/h8-13,16,23,28H,1,3-7,14-15H2,2H3,(H,27,29)/t23-,25?/m0/s1. The largest absolute Gasteiger partial charge is 0.497 e. The Morgan fingerprint density at radius 1 is 1.27 bits per heavy atom. The highest BCUT2D eigenvalue weighted by Crippen LogP contribution is 2.55. The summed E-state index contributed by atoms with van der Waals surface area (Å²) in [6.07, 6.45) is 6.27. The molecule has 0 aromatic heterocycles. The topological polar surface area (TPSA) is 50.4 Å². The normalized spacial score (nSPS) is 22.1. The van der Waals surface area contributed by atoms with Crippen molar-refractivity contribution in [3.05, 3.63) is 71.6 Å². The third-order valence-corrected chi connectivity index (χ3v) is 6.62. The lowest BCUT2D eigenvalue weighted by Gasteiger charge is -2.33. The minimum atomic E-state index is -0.336. The number of benzene rings is 2. The molecule has 5 heteroatoms. The van der Waals surface area contributed by atoms with Gasteiger partial charge in [-0.1, -0.05) is 12.2 Å². The molecule has 1 saturated carbocycles. The van der Waals surface area contributed by atoms with Crippen molar-refractivity contribution in [2.45, 2.75) is 50.0 Å². The molecule has 4 rings (SSSR count). The molecule has 2 aliphatic rings. The van der Waals surface area contributed by atoms with Gasteiger partial charge < -0.3 is 15.4 Å². The molecule has 0 radical (unpaired) electrons. The van der Waals surface area contributed by atoms with Crippen molar-refractivity contribution in [3.63, 3.8) is 0 Å². The summed E-state index contributed by atoms with van der Waals surface area (Å²) < 4.78 is 18.5. The van der Waals surface area contributed by atoms with E-state index in [1.165, 1.54) is 47.5 Å². The lowest BCUT2D eigenvalue weighted by molar-refractivity contribution is 0.0953. The fourth-order valence-electron chi connectivity index (χ4n) is 5.07. The van der Waals surface area contributed by atoms with Crippen molar-refractivity contribution in [1.29, 1.82) is 0 Å². The molecular formula is C25H29FN2O2. The predicted molar refractivity (Wildman–Crippen MR) is 118 cm³/mol. The van der Waals surface area contributed by atoms with Gasteiger partial charge in [-0.15, -0.1) is 0 Å². The van der Waals surface area contributed by atoms with Crippen LogP contribution in [0.5, 0.6) is 5.75 Å². The SMILES string of the molecule is C=C1CCCC12c1cc(OC)ccc1N[C@H]2CCCCNC(=O)c1ccc(F)cc1. The van der Waals surface area contributed by atoms with Crippen LogP contribution in [0.3, 0.4) is 0 Å². The number of anilines is 1. The first-order valence-electron chi connectivity index (χ1n) is 10.7. The van der Waals surface area contributed by atoms with Crippen molar-refractivity contribution < 1.29 is 13.9 Å². The summed E-state index contributed by atoms with van der Waals surface area (Å²) in [4.78, 5) is 12.2. The number of carbonyl (C=O) groups excluding carboxylic acids is 1. The molecule has 1 aliphatic carbocycles. The number of methoxy groups -OCH3 is 1. The van der Waals surface area contributed by atoms with Crippen LogP contribution >= 0.6 is 0 Å². The van der Waals surface area contributed by atoms with Crippen molar-refractivity contribution in [1.82, 2.24) is 5.32 Å². The molecule has 0 saturated heterocycles.